The van der Waals surface area contributed by atoms with Crippen LogP contribution in [0.3, 0.4) is 0 Å². The lowest BCUT2D eigenvalue weighted by atomic mass is 9.77. The molecule has 8 heteroatoms. The van der Waals surface area contributed by atoms with E-state index in [0.29, 0.717) is 15.8 Å². The molecular weight excluding hydrogens is 375 g/mol. The molecule has 5 rings (SSSR count). The number of fused-ring (bicyclic) bond motifs is 6. The van der Waals surface area contributed by atoms with E-state index >= 15 is 0 Å². The van der Waals surface area contributed by atoms with Gasteiger partial charge in [-0.2, -0.15) is 0 Å². The number of hydrogen-bond acceptors (Lipinski definition) is 4. The quantitative estimate of drug-likeness (QED) is 0.724. The third-order valence-corrected chi connectivity index (χ3v) is 6.08. The molecule has 2 bridgehead atoms. The maximum absolute atomic E-state index is 12.9. The average molecular weight is 389 g/mol. The van der Waals surface area contributed by atoms with Crippen LogP contribution < -0.4 is 4.74 Å². The molecule has 132 valence electrons. The number of H-pyrrole nitrogens is 1. The standard InChI is InChI=1S/C18H14Cl2N4O2/c1-26-9-6-21-17(22-7-9)18(25)24-8-4-12-14(13(24)5-8)10-2-3-11(19)15(20)16(10)23-12/h2-3,6-8,13,23H,4-5H2,1H3/t8-,13-/m0/s1. The smallest absolute Gasteiger partial charge is 0.292 e. The van der Waals surface area contributed by atoms with E-state index in [4.69, 9.17) is 27.9 Å². The Morgan fingerprint density at radius 1 is 1.31 bits per heavy atom. The summed E-state index contributed by atoms with van der Waals surface area (Å²) in [6.45, 7) is 0. The number of nitrogens with zero attached hydrogens (tertiary/aromatic N) is 3. The van der Waals surface area contributed by atoms with Gasteiger partial charge < -0.3 is 14.6 Å². The Morgan fingerprint density at radius 3 is 2.81 bits per heavy atom. The minimum atomic E-state index is -0.158. The molecule has 2 aromatic heterocycles. The normalized spacial score (nSPS) is 20.7. The summed E-state index contributed by atoms with van der Waals surface area (Å²) in [6.07, 6.45) is 4.71. The van der Waals surface area contributed by atoms with E-state index in [2.05, 4.69) is 15.0 Å². The molecule has 2 aliphatic rings. The minimum absolute atomic E-state index is 0.00736. The van der Waals surface area contributed by atoms with Crippen molar-refractivity contribution in [1.82, 2.24) is 19.9 Å². The molecule has 3 aromatic rings. The second-order valence-corrected chi connectivity index (χ2v) is 7.35. The Labute approximate surface area is 159 Å². The molecule has 2 aliphatic heterocycles. The van der Waals surface area contributed by atoms with Gasteiger partial charge >= 0.3 is 0 Å². The van der Waals surface area contributed by atoms with E-state index in [1.165, 1.54) is 19.5 Å². The van der Waals surface area contributed by atoms with Crippen LogP contribution >= 0.6 is 23.2 Å². The molecule has 1 amide bonds. The van der Waals surface area contributed by atoms with Gasteiger partial charge in [0.2, 0.25) is 5.82 Å². The minimum Gasteiger partial charge on any atom is -0.494 e. The summed E-state index contributed by atoms with van der Waals surface area (Å²) in [4.78, 5) is 26.5. The number of hydrogen-bond donors (Lipinski definition) is 1. The van der Waals surface area contributed by atoms with Gasteiger partial charge in [-0.15, -0.1) is 0 Å². The summed E-state index contributed by atoms with van der Waals surface area (Å²) >= 11 is 12.5. The number of aromatic amines is 1. The lowest BCUT2D eigenvalue weighted by Gasteiger charge is -2.52. The van der Waals surface area contributed by atoms with Crippen LogP contribution in [-0.4, -0.2) is 38.9 Å². The van der Waals surface area contributed by atoms with Gasteiger partial charge in [0.05, 0.1) is 41.1 Å². The molecule has 1 fully saturated rings. The van der Waals surface area contributed by atoms with Crippen molar-refractivity contribution in [3.05, 3.63) is 51.7 Å². The SMILES string of the molecule is COc1cnc(C(=O)N2[C@H]3Cc4[nH]c5c(Cl)c(Cl)ccc5c4[C@@H]2C3)nc1. The zero-order valence-electron chi connectivity index (χ0n) is 13.8. The van der Waals surface area contributed by atoms with Gasteiger partial charge in [-0.05, 0) is 12.5 Å². The van der Waals surface area contributed by atoms with Crippen molar-refractivity contribution in [2.75, 3.05) is 7.11 Å². The summed E-state index contributed by atoms with van der Waals surface area (Å²) in [7, 11) is 1.54. The first kappa shape index (κ1) is 15.9. The lowest BCUT2D eigenvalue weighted by molar-refractivity contribution is 0.00563. The molecule has 1 N–H and O–H groups in total. The number of halogens is 2. The number of aromatic nitrogens is 3. The van der Waals surface area contributed by atoms with Crippen LogP contribution in [0.4, 0.5) is 0 Å². The first-order valence-electron chi connectivity index (χ1n) is 8.25. The molecule has 0 spiro atoms. The molecule has 0 saturated carbocycles. The highest BCUT2D eigenvalue weighted by molar-refractivity contribution is 6.45. The molecule has 4 heterocycles. The highest BCUT2D eigenvalue weighted by atomic mass is 35.5. The van der Waals surface area contributed by atoms with E-state index in [1.807, 2.05) is 11.0 Å². The molecular formula is C18H14Cl2N4O2. The number of ether oxygens (including phenoxy) is 1. The fraction of sp³-hybridized carbons (Fsp3) is 0.278. The van der Waals surface area contributed by atoms with Gasteiger partial charge in [0.1, 0.15) is 0 Å². The number of methoxy groups -OCH3 is 1. The van der Waals surface area contributed by atoms with Crippen molar-refractivity contribution in [2.24, 2.45) is 0 Å². The van der Waals surface area contributed by atoms with Gasteiger partial charge in [0, 0.05) is 29.1 Å². The van der Waals surface area contributed by atoms with E-state index in [0.717, 1.165) is 35.0 Å². The molecule has 26 heavy (non-hydrogen) atoms. The van der Waals surface area contributed by atoms with Gasteiger partial charge in [-0.1, -0.05) is 29.3 Å². The number of rotatable bonds is 2. The van der Waals surface area contributed by atoms with Crippen LogP contribution in [0.1, 0.15) is 34.3 Å². The topological polar surface area (TPSA) is 71.1 Å². The van der Waals surface area contributed by atoms with Crippen molar-refractivity contribution < 1.29 is 9.53 Å². The van der Waals surface area contributed by atoms with Gasteiger partial charge in [0.15, 0.2) is 5.75 Å². The lowest BCUT2D eigenvalue weighted by Crippen LogP contribution is -2.57. The monoisotopic (exact) mass is 388 g/mol. The summed E-state index contributed by atoms with van der Waals surface area (Å²) in [5.74, 6) is 0.551. The van der Waals surface area contributed by atoms with Gasteiger partial charge in [-0.25, -0.2) is 9.97 Å². The Morgan fingerprint density at radius 2 is 2.08 bits per heavy atom. The first-order valence-corrected chi connectivity index (χ1v) is 9.01. The Bertz CT molecular complexity index is 1050. The van der Waals surface area contributed by atoms with E-state index in [-0.39, 0.29) is 23.8 Å². The molecule has 1 saturated heterocycles. The van der Waals surface area contributed by atoms with Crippen LogP contribution in [0.25, 0.3) is 10.9 Å². The molecule has 0 aliphatic carbocycles. The first-order chi connectivity index (χ1) is 12.6. The van der Waals surface area contributed by atoms with E-state index in [1.54, 1.807) is 6.07 Å². The average Bonchev–Trinajstić information content (AvgIpc) is 3.04. The number of nitrogens with one attached hydrogen (secondary N) is 1. The molecule has 0 radical (unpaired) electrons. The summed E-state index contributed by atoms with van der Waals surface area (Å²) in [6, 6.07) is 3.91. The number of amides is 1. The zero-order valence-corrected chi connectivity index (χ0v) is 15.3. The summed E-state index contributed by atoms with van der Waals surface area (Å²) in [5, 5.41) is 2.06. The van der Waals surface area contributed by atoms with E-state index < -0.39 is 0 Å². The second-order valence-electron chi connectivity index (χ2n) is 6.57. The van der Waals surface area contributed by atoms with Crippen LogP contribution in [0.5, 0.6) is 5.75 Å². The van der Waals surface area contributed by atoms with Crippen LogP contribution in [-0.2, 0) is 6.42 Å². The zero-order chi connectivity index (χ0) is 18.0. The molecule has 1 aromatic carbocycles. The summed E-state index contributed by atoms with van der Waals surface area (Å²) in [5.41, 5.74) is 3.10. The predicted octanol–water partition coefficient (Wildman–Crippen LogP) is 3.79. The Balaban J connectivity index is 1.54. The number of benzene rings is 1. The van der Waals surface area contributed by atoms with Crippen LogP contribution in [0, 0.1) is 0 Å². The van der Waals surface area contributed by atoms with Crippen molar-refractivity contribution in [3.8, 4) is 5.75 Å². The molecule has 6 nitrogen and oxygen atoms in total. The van der Waals surface area contributed by atoms with Crippen LogP contribution in [0.15, 0.2) is 24.5 Å². The maximum atomic E-state index is 12.9. The van der Waals surface area contributed by atoms with Gasteiger partial charge in [0.25, 0.3) is 5.91 Å². The number of carbonyl (C=O) groups excluding carboxylic acids is 1. The summed E-state index contributed by atoms with van der Waals surface area (Å²) < 4.78 is 5.05. The predicted molar refractivity (Wildman–Crippen MR) is 97.9 cm³/mol. The second kappa shape index (κ2) is 5.59. The highest BCUT2D eigenvalue weighted by Crippen LogP contribution is 2.50. The third-order valence-electron chi connectivity index (χ3n) is 5.27. The van der Waals surface area contributed by atoms with Gasteiger partial charge in [-0.3, -0.25) is 4.79 Å². The highest BCUT2D eigenvalue weighted by Gasteiger charge is 2.49. The Kier molecular flexibility index (Phi) is 3.42. The van der Waals surface area contributed by atoms with Crippen molar-refractivity contribution in [1.29, 1.82) is 0 Å². The molecule has 2 atom stereocenters. The van der Waals surface area contributed by atoms with Crippen molar-refractivity contribution >= 4 is 40.0 Å². The third kappa shape index (κ3) is 2.09. The number of carbonyl (C=O) groups is 1. The van der Waals surface area contributed by atoms with Crippen LogP contribution in [0.2, 0.25) is 10.0 Å². The maximum Gasteiger partial charge on any atom is 0.292 e. The fourth-order valence-electron chi connectivity index (χ4n) is 4.05. The Hall–Kier alpha value is -2.31. The molecule has 0 unspecified atom stereocenters. The largest absolute Gasteiger partial charge is 0.494 e. The van der Waals surface area contributed by atoms with Crippen molar-refractivity contribution in [3.63, 3.8) is 0 Å². The fourth-order valence-corrected chi connectivity index (χ4v) is 4.42. The van der Waals surface area contributed by atoms with E-state index in [9.17, 15) is 4.79 Å². The van der Waals surface area contributed by atoms with Crippen molar-refractivity contribution in [2.45, 2.75) is 24.9 Å².